The second kappa shape index (κ2) is 7.72. The molecule has 160 valence electrons. The summed E-state index contributed by atoms with van der Waals surface area (Å²) < 4.78 is 15.5. The second-order valence-corrected chi connectivity index (χ2v) is 8.06. The molecule has 0 spiro atoms. The Hall–Kier alpha value is -3.36. The molecule has 5 rings (SSSR count). The molecule has 1 aliphatic heterocycles. The van der Waals surface area contributed by atoms with Crippen LogP contribution < -0.4 is 9.80 Å². The molecule has 1 aliphatic carbocycles. The molecular formula is C22H24FN7O. The van der Waals surface area contributed by atoms with Crippen molar-refractivity contribution in [2.75, 3.05) is 16.8 Å². The van der Waals surface area contributed by atoms with E-state index in [1.54, 1.807) is 41.3 Å². The van der Waals surface area contributed by atoms with Crippen molar-refractivity contribution in [3.8, 4) is 17.3 Å². The van der Waals surface area contributed by atoms with Gasteiger partial charge in [0.25, 0.3) is 0 Å². The van der Waals surface area contributed by atoms with Crippen LogP contribution in [0, 0.1) is 5.82 Å². The predicted octanol–water partition coefficient (Wildman–Crippen LogP) is 3.37. The fourth-order valence-corrected chi connectivity index (χ4v) is 4.70. The number of amides is 1. The van der Waals surface area contributed by atoms with Gasteiger partial charge < -0.3 is 9.80 Å². The van der Waals surface area contributed by atoms with E-state index >= 15 is 0 Å². The van der Waals surface area contributed by atoms with Gasteiger partial charge in [0.1, 0.15) is 23.4 Å². The first kappa shape index (κ1) is 19.6. The van der Waals surface area contributed by atoms with Crippen molar-refractivity contribution < 1.29 is 9.18 Å². The van der Waals surface area contributed by atoms with Crippen molar-refractivity contribution in [1.29, 1.82) is 0 Å². The van der Waals surface area contributed by atoms with E-state index in [0.29, 0.717) is 35.5 Å². The number of fused-ring (bicyclic) bond motifs is 1. The minimum Gasteiger partial charge on any atom is -0.340 e. The number of aromatic nitrogens is 5. The fourth-order valence-electron chi connectivity index (χ4n) is 4.70. The first-order valence-electron chi connectivity index (χ1n) is 10.7. The van der Waals surface area contributed by atoms with Crippen LogP contribution in [0.15, 0.2) is 37.1 Å². The van der Waals surface area contributed by atoms with Crippen molar-refractivity contribution in [3.05, 3.63) is 42.9 Å². The molecular weight excluding hydrogens is 397 g/mol. The highest BCUT2D eigenvalue weighted by Crippen LogP contribution is 2.39. The monoisotopic (exact) mass is 421 g/mol. The van der Waals surface area contributed by atoms with E-state index in [-0.39, 0.29) is 11.9 Å². The van der Waals surface area contributed by atoms with Crippen molar-refractivity contribution in [2.24, 2.45) is 0 Å². The molecule has 1 amide bonds. The lowest BCUT2D eigenvalue weighted by Gasteiger charge is -2.43. The minimum atomic E-state index is -0.434. The van der Waals surface area contributed by atoms with Crippen LogP contribution in [-0.4, -0.2) is 49.5 Å². The number of anilines is 2. The van der Waals surface area contributed by atoms with Crippen LogP contribution in [0.25, 0.3) is 17.3 Å². The average Bonchev–Trinajstić information content (AvgIpc) is 3.48. The lowest BCUT2D eigenvalue weighted by atomic mass is 10.0. The number of likely N-dealkylation sites (N-methyl/N-ethyl adjacent to an activating group) is 1. The van der Waals surface area contributed by atoms with E-state index in [0.717, 1.165) is 37.7 Å². The van der Waals surface area contributed by atoms with Gasteiger partial charge in [0.05, 0.1) is 12.4 Å². The first-order valence-corrected chi connectivity index (χ1v) is 10.7. The molecule has 0 bridgehead atoms. The van der Waals surface area contributed by atoms with Crippen LogP contribution in [0.2, 0.25) is 0 Å². The summed E-state index contributed by atoms with van der Waals surface area (Å²) in [5.41, 5.74) is 1.25. The molecule has 0 N–H and O–H groups in total. The molecule has 2 aliphatic rings. The quantitative estimate of drug-likeness (QED) is 0.643. The minimum absolute atomic E-state index is 0.0763. The summed E-state index contributed by atoms with van der Waals surface area (Å²) in [4.78, 5) is 34.6. The Balaban J connectivity index is 1.63. The highest BCUT2D eigenvalue weighted by Gasteiger charge is 2.41. The van der Waals surface area contributed by atoms with E-state index in [9.17, 15) is 9.18 Å². The van der Waals surface area contributed by atoms with Crippen LogP contribution in [0.3, 0.4) is 0 Å². The summed E-state index contributed by atoms with van der Waals surface area (Å²) in [6, 6.07) is 1.44. The molecule has 1 fully saturated rings. The zero-order valence-electron chi connectivity index (χ0n) is 17.6. The van der Waals surface area contributed by atoms with Gasteiger partial charge in [0.15, 0.2) is 5.82 Å². The number of nitrogens with zero attached hydrogens (tertiary/aromatic N) is 7. The number of hydrogen-bond donors (Lipinski definition) is 0. The van der Waals surface area contributed by atoms with Gasteiger partial charge in [-0.1, -0.05) is 19.8 Å². The molecule has 1 saturated carbocycles. The molecule has 3 aromatic heterocycles. The molecule has 31 heavy (non-hydrogen) atoms. The van der Waals surface area contributed by atoms with E-state index in [4.69, 9.17) is 4.98 Å². The molecule has 9 heteroatoms. The Labute approximate surface area is 179 Å². The second-order valence-electron chi connectivity index (χ2n) is 8.06. The molecule has 4 heterocycles. The highest BCUT2D eigenvalue weighted by atomic mass is 19.1. The maximum Gasteiger partial charge on any atom is 0.249 e. The maximum atomic E-state index is 13.7. The van der Waals surface area contributed by atoms with Gasteiger partial charge in [0, 0.05) is 37.2 Å². The lowest BCUT2D eigenvalue weighted by molar-refractivity contribution is -0.120. The normalized spacial score (nSPS) is 19.2. The van der Waals surface area contributed by atoms with Crippen molar-refractivity contribution >= 4 is 17.4 Å². The number of hydrogen-bond acceptors (Lipinski definition) is 6. The Morgan fingerprint density at radius 2 is 1.97 bits per heavy atom. The SMILES string of the molecule is CCC1C(=O)N(C)c2cnc(-n3ccnc3-c3cncc(F)c3)nc2N1C1CCCC1. The summed E-state index contributed by atoms with van der Waals surface area (Å²) in [5.74, 6) is 1.34. The highest BCUT2D eigenvalue weighted by molar-refractivity contribution is 6.04. The predicted molar refractivity (Wildman–Crippen MR) is 115 cm³/mol. The van der Waals surface area contributed by atoms with Crippen molar-refractivity contribution in [1.82, 2.24) is 24.5 Å². The van der Waals surface area contributed by atoms with Gasteiger partial charge in [-0.15, -0.1) is 0 Å². The van der Waals surface area contributed by atoms with Crippen LogP contribution in [-0.2, 0) is 4.79 Å². The third-order valence-electron chi connectivity index (χ3n) is 6.22. The molecule has 1 unspecified atom stereocenters. The molecule has 0 aromatic carbocycles. The number of rotatable bonds is 4. The molecule has 1 atom stereocenters. The van der Waals surface area contributed by atoms with Gasteiger partial charge >= 0.3 is 0 Å². The third kappa shape index (κ3) is 3.24. The number of imidazole rings is 1. The standard InChI is InChI=1S/C22H24FN7O/c1-3-17-21(31)28(2)18-13-26-22(27-20(18)30(17)16-6-4-5-7-16)29-9-8-25-19(29)14-10-15(23)12-24-11-14/h8-13,16-17H,3-7H2,1-2H3. The summed E-state index contributed by atoms with van der Waals surface area (Å²) in [6.45, 7) is 2.04. The Morgan fingerprint density at radius 1 is 1.16 bits per heavy atom. The average molecular weight is 421 g/mol. The van der Waals surface area contributed by atoms with Crippen molar-refractivity contribution in [2.45, 2.75) is 51.1 Å². The van der Waals surface area contributed by atoms with E-state index in [2.05, 4.69) is 19.9 Å². The summed E-state index contributed by atoms with van der Waals surface area (Å²) in [5, 5.41) is 0. The van der Waals surface area contributed by atoms with Gasteiger partial charge in [-0.05, 0) is 25.3 Å². The molecule has 8 nitrogen and oxygen atoms in total. The van der Waals surface area contributed by atoms with Crippen LogP contribution in [0.4, 0.5) is 15.9 Å². The largest absolute Gasteiger partial charge is 0.340 e. The molecule has 0 radical (unpaired) electrons. The smallest absolute Gasteiger partial charge is 0.249 e. The van der Waals surface area contributed by atoms with Gasteiger partial charge in [-0.25, -0.2) is 14.4 Å². The van der Waals surface area contributed by atoms with E-state index in [1.807, 2.05) is 6.92 Å². The summed E-state index contributed by atoms with van der Waals surface area (Å²) in [6.07, 6.45) is 12.9. The van der Waals surface area contributed by atoms with Crippen LogP contribution in [0.1, 0.15) is 39.0 Å². The lowest BCUT2D eigenvalue weighted by Crippen LogP contribution is -2.55. The number of halogens is 1. The number of carbonyl (C=O) groups excluding carboxylic acids is 1. The Bertz CT molecular complexity index is 1120. The topological polar surface area (TPSA) is 80.0 Å². The third-order valence-corrected chi connectivity index (χ3v) is 6.22. The van der Waals surface area contributed by atoms with Crippen LogP contribution >= 0.6 is 0 Å². The van der Waals surface area contributed by atoms with E-state index in [1.165, 1.54) is 6.07 Å². The Morgan fingerprint density at radius 3 is 2.71 bits per heavy atom. The first-order chi connectivity index (χ1) is 15.1. The number of carbonyl (C=O) groups is 1. The molecule has 3 aromatic rings. The summed E-state index contributed by atoms with van der Waals surface area (Å²) >= 11 is 0. The maximum absolute atomic E-state index is 13.7. The zero-order valence-corrected chi connectivity index (χ0v) is 17.6. The number of pyridine rings is 1. The summed E-state index contributed by atoms with van der Waals surface area (Å²) in [7, 11) is 1.78. The van der Waals surface area contributed by atoms with Crippen molar-refractivity contribution in [3.63, 3.8) is 0 Å². The van der Waals surface area contributed by atoms with Gasteiger partial charge in [0.2, 0.25) is 11.9 Å². The van der Waals surface area contributed by atoms with Gasteiger partial charge in [-0.2, -0.15) is 4.98 Å². The fraction of sp³-hybridized carbons (Fsp3) is 0.409. The Kier molecular flexibility index (Phi) is 4.88. The zero-order chi connectivity index (χ0) is 21.5. The molecule has 0 saturated heterocycles. The van der Waals surface area contributed by atoms with Gasteiger partial charge in [-0.3, -0.25) is 14.3 Å². The van der Waals surface area contributed by atoms with E-state index < -0.39 is 5.82 Å². The van der Waals surface area contributed by atoms with Crippen LogP contribution in [0.5, 0.6) is 0 Å².